The van der Waals surface area contributed by atoms with E-state index < -0.39 is 17.5 Å². The first-order chi connectivity index (χ1) is 10.6. The van der Waals surface area contributed by atoms with E-state index in [1.807, 2.05) is 0 Å². The molecule has 0 nitrogen and oxygen atoms in total. The summed E-state index contributed by atoms with van der Waals surface area (Å²) in [4.78, 5) is 0. The lowest BCUT2D eigenvalue weighted by molar-refractivity contribution is 0.180. The van der Waals surface area contributed by atoms with Crippen LogP contribution in [0.5, 0.6) is 0 Å². The van der Waals surface area contributed by atoms with Crippen molar-refractivity contribution >= 4 is 0 Å². The van der Waals surface area contributed by atoms with Gasteiger partial charge in [-0.05, 0) is 62.5 Å². The van der Waals surface area contributed by atoms with Gasteiger partial charge in [-0.1, -0.05) is 38.2 Å². The maximum absolute atomic E-state index is 13.5. The van der Waals surface area contributed by atoms with Crippen molar-refractivity contribution in [2.45, 2.75) is 64.7 Å². The fourth-order valence-corrected chi connectivity index (χ4v) is 3.95. The van der Waals surface area contributed by atoms with Crippen molar-refractivity contribution in [2.24, 2.45) is 17.8 Å². The monoisotopic (exact) mass is 312 g/mol. The molecule has 0 unspecified atom stereocenters. The minimum Gasteiger partial charge on any atom is -0.204 e. The molecule has 22 heavy (non-hydrogen) atoms. The maximum atomic E-state index is 13.5. The minimum absolute atomic E-state index is 0.298. The van der Waals surface area contributed by atoms with Crippen molar-refractivity contribution in [3.8, 4) is 0 Å². The Labute approximate surface area is 132 Å². The molecule has 0 amide bonds. The van der Waals surface area contributed by atoms with Crippen LogP contribution in [-0.2, 0) is 0 Å². The van der Waals surface area contributed by atoms with Gasteiger partial charge in [0.05, 0.1) is 0 Å². The van der Waals surface area contributed by atoms with Crippen LogP contribution in [0, 0.1) is 17.8 Å². The molecule has 0 aliphatic heterocycles. The summed E-state index contributed by atoms with van der Waals surface area (Å²) in [5.74, 6) is -1.63. The van der Waals surface area contributed by atoms with Crippen molar-refractivity contribution < 1.29 is 13.2 Å². The van der Waals surface area contributed by atoms with Crippen LogP contribution >= 0.6 is 0 Å². The molecule has 124 valence electrons. The number of halogens is 3. The summed E-state index contributed by atoms with van der Waals surface area (Å²) >= 11 is 0. The summed E-state index contributed by atoms with van der Waals surface area (Å²) in [6, 6.07) is 0. The highest BCUT2D eigenvalue weighted by atomic mass is 19.2. The van der Waals surface area contributed by atoms with E-state index in [0.29, 0.717) is 5.92 Å². The zero-order valence-corrected chi connectivity index (χ0v) is 13.5. The number of hydrogen-bond acceptors (Lipinski definition) is 0. The second-order valence-corrected chi connectivity index (χ2v) is 6.73. The third-order valence-corrected chi connectivity index (χ3v) is 5.32. The van der Waals surface area contributed by atoms with Gasteiger partial charge in [0, 0.05) is 0 Å². The largest absolute Gasteiger partial charge is 0.204 e. The molecule has 0 atom stereocenters. The first kappa shape index (κ1) is 17.4. The molecule has 0 aromatic carbocycles. The van der Waals surface area contributed by atoms with E-state index in [-0.39, 0.29) is 0 Å². The molecule has 0 aromatic rings. The standard InChI is InChI=1S/C19H27F3/c1-2-17(20)19(22)18(21)13-10-14-8-11-16(12-9-14)15-6-4-3-5-7-15/h2,10,13-16H,3-9,11-12H2,1H3/b13-10+,17-2+,19-18-. The first-order valence-corrected chi connectivity index (χ1v) is 8.67. The van der Waals surface area contributed by atoms with Crippen LogP contribution in [-0.4, -0.2) is 0 Å². The maximum Gasteiger partial charge on any atom is 0.194 e. The molecule has 2 aliphatic carbocycles. The Hall–Kier alpha value is -0.990. The molecular weight excluding hydrogens is 285 g/mol. The van der Waals surface area contributed by atoms with Gasteiger partial charge in [-0.2, -0.15) is 0 Å². The van der Waals surface area contributed by atoms with Gasteiger partial charge in [0.15, 0.2) is 17.5 Å². The lowest BCUT2D eigenvalue weighted by Gasteiger charge is -2.35. The lowest BCUT2D eigenvalue weighted by Crippen LogP contribution is -2.23. The Bertz CT molecular complexity index is 434. The van der Waals surface area contributed by atoms with Crippen LogP contribution in [0.3, 0.4) is 0 Å². The van der Waals surface area contributed by atoms with Gasteiger partial charge < -0.3 is 0 Å². The van der Waals surface area contributed by atoms with Crippen LogP contribution in [0.1, 0.15) is 64.7 Å². The highest BCUT2D eigenvalue weighted by Crippen LogP contribution is 2.40. The smallest absolute Gasteiger partial charge is 0.194 e. The molecule has 0 spiro atoms. The van der Waals surface area contributed by atoms with Gasteiger partial charge in [-0.15, -0.1) is 0 Å². The van der Waals surface area contributed by atoms with Crippen molar-refractivity contribution in [1.82, 2.24) is 0 Å². The summed E-state index contributed by atoms with van der Waals surface area (Å²) in [6.07, 6.45) is 15.1. The Morgan fingerprint density at radius 2 is 1.41 bits per heavy atom. The molecule has 2 fully saturated rings. The van der Waals surface area contributed by atoms with Gasteiger partial charge in [0.2, 0.25) is 0 Å². The van der Waals surface area contributed by atoms with E-state index in [4.69, 9.17) is 0 Å². The molecule has 0 saturated heterocycles. The van der Waals surface area contributed by atoms with Gasteiger partial charge in [0.25, 0.3) is 0 Å². The predicted octanol–water partition coefficient (Wildman–Crippen LogP) is 6.95. The molecule has 2 aliphatic rings. The van der Waals surface area contributed by atoms with E-state index in [0.717, 1.165) is 36.8 Å². The molecule has 0 heterocycles. The van der Waals surface area contributed by atoms with Crippen molar-refractivity contribution in [3.05, 3.63) is 35.7 Å². The van der Waals surface area contributed by atoms with Crippen molar-refractivity contribution in [3.63, 3.8) is 0 Å². The number of hydrogen-bond donors (Lipinski definition) is 0. The van der Waals surface area contributed by atoms with Crippen LogP contribution in [0.4, 0.5) is 13.2 Å². The van der Waals surface area contributed by atoms with Crippen molar-refractivity contribution in [1.29, 1.82) is 0 Å². The van der Waals surface area contributed by atoms with E-state index >= 15 is 0 Å². The quantitative estimate of drug-likeness (QED) is 0.492. The average molecular weight is 312 g/mol. The molecule has 0 radical (unpaired) electrons. The lowest BCUT2D eigenvalue weighted by atomic mass is 9.71. The number of rotatable bonds is 4. The molecule has 0 N–H and O–H groups in total. The van der Waals surface area contributed by atoms with Crippen LogP contribution in [0.2, 0.25) is 0 Å². The van der Waals surface area contributed by atoms with Gasteiger partial charge in [-0.25, -0.2) is 13.2 Å². The number of allylic oxidation sites excluding steroid dienone is 6. The average Bonchev–Trinajstić information content (AvgIpc) is 2.59. The normalized spacial score (nSPS) is 29.7. The van der Waals surface area contributed by atoms with Gasteiger partial charge in [0.1, 0.15) is 0 Å². The highest BCUT2D eigenvalue weighted by molar-refractivity contribution is 5.27. The van der Waals surface area contributed by atoms with Crippen LogP contribution in [0.25, 0.3) is 0 Å². The van der Waals surface area contributed by atoms with E-state index in [1.165, 1.54) is 51.9 Å². The second kappa shape index (κ2) is 8.59. The Balaban J connectivity index is 1.83. The zero-order valence-electron chi connectivity index (χ0n) is 13.5. The predicted molar refractivity (Wildman–Crippen MR) is 85.3 cm³/mol. The molecule has 2 saturated carbocycles. The highest BCUT2D eigenvalue weighted by Gasteiger charge is 2.27. The summed E-state index contributed by atoms with van der Waals surface area (Å²) in [5.41, 5.74) is 0. The molecule has 0 bridgehead atoms. The molecule has 0 aromatic heterocycles. The zero-order chi connectivity index (χ0) is 15.9. The van der Waals surface area contributed by atoms with E-state index in [9.17, 15) is 13.2 Å². The van der Waals surface area contributed by atoms with E-state index in [1.54, 1.807) is 6.08 Å². The minimum atomic E-state index is -1.39. The molecule has 3 heteroatoms. The van der Waals surface area contributed by atoms with E-state index in [2.05, 4.69) is 0 Å². The first-order valence-electron chi connectivity index (χ1n) is 8.67. The third-order valence-electron chi connectivity index (χ3n) is 5.32. The third kappa shape index (κ3) is 4.76. The summed E-state index contributed by atoms with van der Waals surface area (Å²) in [5, 5.41) is 0. The Morgan fingerprint density at radius 3 is 2.00 bits per heavy atom. The SMILES string of the molecule is C\C=C(F)/C(F)=C(F)\C=C\C1CCC(C2CCCCC2)CC1. The van der Waals surface area contributed by atoms with Crippen molar-refractivity contribution in [2.75, 3.05) is 0 Å². The second-order valence-electron chi connectivity index (χ2n) is 6.73. The van der Waals surface area contributed by atoms with Gasteiger partial charge >= 0.3 is 0 Å². The topological polar surface area (TPSA) is 0 Å². The Morgan fingerprint density at radius 1 is 0.818 bits per heavy atom. The molecule has 2 rings (SSSR count). The summed E-state index contributed by atoms with van der Waals surface area (Å²) in [6.45, 7) is 1.35. The fraction of sp³-hybridized carbons (Fsp3) is 0.684. The summed E-state index contributed by atoms with van der Waals surface area (Å²) < 4.78 is 39.7. The van der Waals surface area contributed by atoms with Crippen LogP contribution < -0.4 is 0 Å². The van der Waals surface area contributed by atoms with Crippen LogP contribution in [0.15, 0.2) is 35.7 Å². The molecular formula is C19H27F3. The van der Waals surface area contributed by atoms with Gasteiger partial charge in [-0.3, -0.25) is 0 Å². The fourth-order valence-electron chi connectivity index (χ4n) is 3.95. The summed E-state index contributed by atoms with van der Waals surface area (Å²) in [7, 11) is 0. The Kier molecular flexibility index (Phi) is 6.78.